The number of halogens is 1. The van der Waals surface area contributed by atoms with Gasteiger partial charge in [0.05, 0.1) is 11.6 Å². The fraction of sp³-hybridized carbons (Fsp3) is 0.381. The van der Waals surface area contributed by atoms with Crippen LogP contribution >= 0.6 is 11.6 Å². The summed E-state index contributed by atoms with van der Waals surface area (Å²) in [4.78, 5) is 12.1. The van der Waals surface area contributed by atoms with Crippen molar-refractivity contribution in [3.63, 3.8) is 0 Å². The Balaban J connectivity index is 1.76. The molecule has 0 heterocycles. The normalized spacial score (nSPS) is 12.3. The molecule has 26 heavy (non-hydrogen) atoms. The lowest BCUT2D eigenvalue weighted by molar-refractivity contribution is -0.127. The van der Waals surface area contributed by atoms with Gasteiger partial charge < -0.3 is 14.8 Å². The molecule has 140 valence electrons. The molecule has 0 radical (unpaired) electrons. The topological polar surface area (TPSA) is 47.6 Å². The van der Waals surface area contributed by atoms with Crippen molar-refractivity contribution in [1.82, 2.24) is 5.32 Å². The van der Waals surface area contributed by atoms with Gasteiger partial charge in [-0.05, 0) is 42.2 Å². The van der Waals surface area contributed by atoms with E-state index in [4.69, 9.17) is 21.1 Å². The van der Waals surface area contributed by atoms with E-state index in [0.717, 1.165) is 0 Å². The van der Waals surface area contributed by atoms with Crippen LogP contribution in [0.5, 0.6) is 11.5 Å². The number of benzene rings is 2. The zero-order valence-corrected chi connectivity index (χ0v) is 16.5. The molecule has 0 spiro atoms. The standard InChI is InChI=1S/C21H26ClNO3/c1-15(26-17-11-9-16(10-12-17)21(2,3)4)20(24)23-13-14-25-19-8-6-5-7-18(19)22/h5-12,15H,13-14H2,1-4H3,(H,23,24). The highest BCUT2D eigenvalue weighted by molar-refractivity contribution is 6.32. The number of ether oxygens (including phenoxy) is 2. The van der Waals surface area contributed by atoms with Gasteiger partial charge in [0.15, 0.2) is 6.10 Å². The van der Waals surface area contributed by atoms with E-state index in [-0.39, 0.29) is 11.3 Å². The molecule has 0 aliphatic carbocycles. The van der Waals surface area contributed by atoms with Crippen LogP contribution < -0.4 is 14.8 Å². The summed E-state index contributed by atoms with van der Waals surface area (Å²) in [5, 5.41) is 3.35. The Hall–Kier alpha value is -2.20. The average molecular weight is 376 g/mol. The summed E-state index contributed by atoms with van der Waals surface area (Å²) in [5.41, 5.74) is 1.31. The van der Waals surface area contributed by atoms with Gasteiger partial charge in [-0.25, -0.2) is 0 Å². The molecule has 0 saturated heterocycles. The molecule has 1 N–H and O–H groups in total. The van der Waals surface area contributed by atoms with Gasteiger partial charge in [-0.2, -0.15) is 0 Å². The van der Waals surface area contributed by atoms with E-state index in [2.05, 4.69) is 26.1 Å². The van der Waals surface area contributed by atoms with Gasteiger partial charge in [-0.1, -0.05) is 56.6 Å². The van der Waals surface area contributed by atoms with Crippen molar-refractivity contribution in [3.05, 3.63) is 59.1 Å². The van der Waals surface area contributed by atoms with Crippen LogP contribution in [0.2, 0.25) is 5.02 Å². The molecular weight excluding hydrogens is 350 g/mol. The first-order chi connectivity index (χ1) is 12.3. The Labute approximate surface area is 160 Å². The second kappa shape index (κ2) is 8.95. The number of amides is 1. The van der Waals surface area contributed by atoms with Crippen LogP contribution in [0.15, 0.2) is 48.5 Å². The molecule has 0 aliphatic rings. The smallest absolute Gasteiger partial charge is 0.260 e. The van der Waals surface area contributed by atoms with Gasteiger partial charge in [-0.3, -0.25) is 4.79 Å². The van der Waals surface area contributed by atoms with E-state index >= 15 is 0 Å². The van der Waals surface area contributed by atoms with E-state index in [1.807, 2.05) is 36.4 Å². The SMILES string of the molecule is CC(Oc1ccc(C(C)(C)C)cc1)C(=O)NCCOc1ccccc1Cl. The molecule has 1 atom stereocenters. The van der Waals surface area contributed by atoms with Crippen LogP contribution in [0.1, 0.15) is 33.3 Å². The number of carbonyl (C=O) groups excluding carboxylic acids is 1. The predicted octanol–water partition coefficient (Wildman–Crippen LogP) is 4.60. The van der Waals surface area contributed by atoms with Crippen LogP contribution in [-0.4, -0.2) is 25.2 Å². The number of para-hydroxylation sites is 1. The Morgan fingerprint density at radius 2 is 1.77 bits per heavy atom. The minimum Gasteiger partial charge on any atom is -0.490 e. The number of carbonyl (C=O) groups is 1. The molecular formula is C21H26ClNO3. The molecule has 1 amide bonds. The first-order valence-corrected chi connectivity index (χ1v) is 9.07. The summed E-state index contributed by atoms with van der Waals surface area (Å²) in [6, 6.07) is 15.1. The molecule has 2 rings (SSSR count). The molecule has 2 aromatic rings. The first kappa shape index (κ1) is 20.1. The van der Waals surface area contributed by atoms with Crippen molar-refractivity contribution in [1.29, 1.82) is 0 Å². The lowest BCUT2D eigenvalue weighted by Crippen LogP contribution is -2.38. The molecule has 0 saturated carbocycles. The molecule has 0 bridgehead atoms. The third-order valence-corrected chi connectivity index (χ3v) is 4.21. The van der Waals surface area contributed by atoms with Crippen molar-refractivity contribution in [2.45, 2.75) is 39.2 Å². The van der Waals surface area contributed by atoms with Gasteiger partial charge >= 0.3 is 0 Å². The number of hydrogen-bond acceptors (Lipinski definition) is 3. The first-order valence-electron chi connectivity index (χ1n) is 8.69. The highest BCUT2D eigenvalue weighted by atomic mass is 35.5. The summed E-state index contributed by atoms with van der Waals surface area (Å²) < 4.78 is 11.2. The Kier molecular flexibility index (Phi) is 6.92. The van der Waals surface area contributed by atoms with Gasteiger partial charge in [0.1, 0.15) is 18.1 Å². The maximum Gasteiger partial charge on any atom is 0.260 e. The van der Waals surface area contributed by atoms with Gasteiger partial charge in [0, 0.05) is 0 Å². The molecule has 5 heteroatoms. The Morgan fingerprint density at radius 3 is 2.38 bits per heavy atom. The summed E-state index contributed by atoms with van der Waals surface area (Å²) in [6.45, 7) is 8.90. The second-order valence-electron chi connectivity index (χ2n) is 7.10. The molecule has 2 aromatic carbocycles. The maximum atomic E-state index is 12.1. The Morgan fingerprint density at radius 1 is 1.12 bits per heavy atom. The van der Waals surface area contributed by atoms with Gasteiger partial charge in [-0.15, -0.1) is 0 Å². The summed E-state index contributed by atoms with van der Waals surface area (Å²) in [7, 11) is 0. The maximum absolute atomic E-state index is 12.1. The average Bonchev–Trinajstić information content (AvgIpc) is 2.59. The van der Waals surface area contributed by atoms with Gasteiger partial charge in [0.2, 0.25) is 0 Å². The van der Waals surface area contributed by atoms with E-state index in [1.165, 1.54) is 5.56 Å². The quantitative estimate of drug-likeness (QED) is 0.719. The minimum absolute atomic E-state index is 0.0865. The summed E-state index contributed by atoms with van der Waals surface area (Å²) in [6.07, 6.45) is -0.587. The molecule has 0 aliphatic heterocycles. The van der Waals surface area contributed by atoms with Crippen LogP contribution in [0.25, 0.3) is 0 Å². The van der Waals surface area contributed by atoms with Crippen LogP contribution in [0, 0.1) is 0 Å². The fourth-order valence-electron chi connectivity index (χ4n) is 2.33. The molecule has 0 aromatic heterocycles. The summed E-state index contributed by atoms with van der Waals surface area (Å²) in [5.74, 6) is 1.09. The largest absolute Gasteiger partial charge is 0.490 e. The highest BCUT2D eigenvalue weighted by Crippen LogP contribution is 2.25. The summed E-state index contributed by atoms with van der Waals surface area (Å²) >= 11 is 6.01. The van der Waals surface area contributed by atoms with Crippen molar-refractivity contribution in [3.8, 4) is 11.5 Å². The van der Waals surface area contributed by atoms with E-state index < -0.39 is 6.10 Å². The van der Waals surface area contributed by atoms with Crippen molar-refractivity contribution >= 4 is 17.5 Å². The van der Waals surface area contributed by atoms with Crippen LogP contribution in [0.3, 0.4) is 0 Å². The lowest BCUT2D eigenvalue weighted by atomic mass is 9.87. The van der Waals surface area contributed by atoms with E-state index in [0.29, 0.717) is 29.7 Å². The lowest BCUT2D eigenvalue weighted by Gasteiger charge is -2.20. The second-order valence-corrected chi connectivity index (χ2v) is 7.51. The van der Waals surface area contributed by atoms with Crippen molar-refractivity contribution in [2.75, 3.05) is 13.2 Å². The van der Waals surface area contributed by atoms with Crippen molar-refractivity contribution in [2.24, 2.45) is 0 Å². The minimum atomic E-state index is -0.587. The number of nitrogens with one attached hydrogen (secondary N) is 1. The zero-order valence-electron chi connectivity index (χ0n) is 15.7. The fourth-order valence-corrected chi connectivity index (χ4v) is 2.52. The van der Waals surface area contributed by atoms with E-state index in [1.54, 1.807) is 19.1 Å². The van der Waals surface area contributed by atoms with E-state index in [9.17, 15) is 4.79 Å². The molecule has 1 unspecified atom stereocenters. The molecule has 4 nitrogen and oxygen atoms in total. The monoisotopic (exact) mass is 375 g/mol. The third kappa shape index (κ3) is 5.95. The van der Waals surface area contributed by atoms with Gasteiger partial charge in [0.25, 0.3) is 5.91 Å². The number of rotatable bonds is 7. The van der Waals surface area contributed by atoms with Crippen molar-refractivity contribution < 1.29 is 14.3 Å². The molecule has 0 fully saturated rings. The number of hydrogen-bond donors (Lipinski definition) is 1. The third-order valence-electron chi connectivity index (χ3n) is 3.90. The van der Waals surface area contributed by atoms with Crippen LogP contribution in [-0.2, 0) is 10.2 Å². The predicted molar refractivity (Wildman–Crippen MR) is 105 cm³/mol. The Bertz CT molecular complexity index is 723. The zero-order chi connectivity index (χ0) is 19.2. The van der Waals surface area contributed by atoms with Crippen LogP contribution in [0.4, 0.5) is 0 Å². The highest BCUT2D eigenvalue weighted by Gasteiger charge is 2.16.